The van der Waals surface area contributed by atoms with Crippen molar-refractivity contribution in [2.24, 2.45) is 0 Å². The standard InChI is InChI=1S/C16H12BrCl2NO2/c17-10-3-1-2-9(4-10)12-7-15(22-8-21)20-14-6-11(18)5-13(19)16(12)14/h1-6,8,12,15,20H,7H2. The lowest BCUT2D eigenvalue weighted by molar-refractivity contribution is -0.132. The first-order valence-corrected chi connectivity index (χ1v) is 8.23. The van der Waals surface area contributed by atoms with Crippen LogP contribution in [0.2, 0.25) is 10.0 Å². The molecule has 2 unspecified atom stereocenters. The SMILES string of the molecule is O=COC1CC(c2cccc(Br)c2)c2c(Cl)cc(Cl)cc2N1. The van der Waals surface area contributed by atoms with Gasteiger partial charge in [-0.05, 0) is 29.8 Å². The summed E-state index contributed by atoms with van der Waals surface area (Å²) in [6.07, 6.45) is 0.187. The van der Waals surface area contributed by atoms with Crippen LogP contribution >= 0.6 is 39.1 Å². The quantitative estimate of drug-likeness (QED) is 0.719. The lowest BCUT2D eigenvalue weighted by Crippen LogP contribution is -2.31. The summed E-state index contributed by atoms with van der Waals surface area (Å²) >= 11 is 16.0. The van der Waals surface area contributed by atoms with Gasteiger partial charge in [0.2, 0.25) is 0 Å². The number of nitrogens with one attached hydrogen (secondary N) is 1. The van der Waals surface area contributed by atoms with Crippen molar-refractivity contribution in [3.8, 4) is 0 Å². The van der Waals surface area contributed by atoms with Gasteiger partial charge in [-0.15, -0.1) is 0 Å². The van der Waals surface area contributed by atoms with E-state index < -0.39 is 6.23 Å². The Morgan fingerprint density at radius 1 is 1.27 bits per heavy atom. The fourth-order valence-corrected chi connectivity index (χ4v) is 3.85. The molecule has 6 heteroatoms. The zero-order valence-electron chi connectivity index (χ0n) is 11.4. The maximum Gasteiger partial charge on any atom is 0.294 e. The van der Waals surface area contributed by atoms with E-state index in [0.29, 0.717) is 22.9 Å². The fourth-order valence-electron chi connectivity index (χ4n) is 2.81. The minimum atomic E-state index is -0.413. The number of halogens is 3. The molecule has 0 saturated heterocycles. The summed E-state index contributed by atoms with van der Waals surface area (Å²) in [7, 11) is 0. The first kappa shape index (κ1) is 15.7. The summed E-state index contributed by atoms with van der Waals surface area (Å²) in [5.74, 6) is 0.0171. The molecule has 3 rings (SSSR count). The highest BCUT2D eigenvalue weighted by molar-refractivity contribution is 9.10. The molecule has 0 saturated carbocycles. The highest BCUT2D eigenvalue weighted by Gasteiger charge is 2.31. The van der Waals surface area contributed by atoms with Gasteiger partial charge in [0.1, 0.15) is 0 Å². The van der Waals surface area contributed by atoms with Crippen molar-refractivity contribution in [1.29, 1.82) is 0 Å². The smallest absolute Gasteiger partial charge is 0.294 e. The summed E-state index contributed by atoms with van der Waals surface area (Å²) < 4.78 is 6.10. The zero-order chi connectivity index (χ0) is 15.7. The second kappa shape index (κ2) is 6.49. The molecule has 114 valence electrons. The lowest BCUT2D eigenvalue weighted by atomic mass is 9.84. The van der Waals surface area contributed by atoms with Crippen molar-refractivity contribution < 1.29 is 9.53 Å². The Kier molecular flexibility index (Phi) is 4.62. The number of hydrogen-bond acceptors (Lipinski definition) is 3. The molecule has 2 atom stereocenters. The molecule has 0 amide bonds. The van der Waals surface area contributed by atoms with Gasteiger partial charge in [0.05, 0.1) is 0 Å². The van der Waals surface area contributed by atoms with Gasteiger partial charge in [0, 0.05) is 38.1 Å². The maximum absolute atomic E-state index is 10.7. The number of fused-ring (bicyclic) bond motifs is 1. The van der Waals surface area contributed by atoms with Gasteiger partial charge in [0.25, 0.3) is 6.47 Å². The van der Waals surface area contributed by atoms with Crippen molar-refractivity contribution in [2.75, 3.05) is 5.32 Å². The molecule has 0 aromatic heterocycles. The predicted octanol–water partition coefficient (Wildman–Crippen LogP) is 5.20. The van der Waals surface area contributed by atoms with Gasteiger partial charge in [-0.2, -0.15) is 0 Å². The third-order valence-electron chi connectivity index (χ3n) is 3.68. The number of hydrogen-bond donors (Lipinski definition) is 1. The lowest BCUT2D eigenvalue weighted by Gasteiger charge is -2.33. The van der Waals surface area contributed by atoms with Crippen molar-refractivity contribution in [1.82, 2.24) is 0 Å². The predicted molar refractivity (Wildman–Crippen MR) is 91.6 cm³/mol. The minimum absolute atomic E-state index is 0.0171. The third kappa shape index (κ3) is 3.09. The zero-order valence-corrected chi connectivity index (χ0v) is 14.5. The van der Waals surface area contributed by atoms with E-state index in [9.17, 15) is 4.79 Å². The summed E-state index contributed by atoms with van der Waals surface area (Å²) in [6.45, 7) is 0.451. The molecule has 0 aliphatic carbocycles. The second-order valence-corrected chi connectivity index (χ2v) is 6.82. The van der Waals surface area contributed by atoms with Gasteiger partial charge >= 0.3 is 0 Å². The van der Waals surface area contributed by atoms with E-state index in [4.69, 9.17) is 27.9 Å². The molecule has 0 fully saturated rings. The van der Waals surface area contributed by atoms with E-state index in [1.165, 1.54) is 0 Å². The van der Waals surface area contributed by atoms with E-state index in [0.717, 1.165) is 21.3 Å². The van der Waals surface area contributed by atoms with Crippen LogP contribution in [0.5, 0.6) is 0 Å². The van der Waals surface area contributed by atoms with Gasteiger partial charge in [-0.25, -0.2) is 0 Å². The molecule has 0 radical (unpaired) electrons. The molecule has 0 spiro atoms. The molecule has 22 heavy (non-hydrogen) atoms. The number of anilines is 1. The molecular weight excluding hydrogens is 389 g/mol. The Morgan fingerprint density at radius 2 is 2.09 bits per heavy atom. The van der Waals surface area contributed by atoms with E-state index in [2.05, 4.69) is 21.2 Å². The molecule has 1 heterocycles. The van der Waals surface area contributed by atoms with Crippen LogP contribution in [0, 0.1) is 0 Å². The van der Waals surface area contributed by atoms with E-state index in [1.807, 2.05) is 24.3 Å². The van der Waals surface area contributed by atoms with E-state index >= 15 is 0 Å². The summed E-state index contributed by atoms with van der Waals surface area (Å²) in [5, 5.41) is 4.30. The Morgan fingerprint density at radius 3 is 2.82 bits per heavy atom. The molecule has 1 aliphatic heterocycles. The van der Waals surface area contributed by atoms with E-state index in [-0.39, 0.29) is 5.92 Å². The van der Waals surface area contributed by atoms with Crippen LogP contribution < -0.4 is 5.32 Å². The molecule has 2 aromatic carbocycles. The topological polar surface area (TPSA) is 38.3 Å². The first-order chi connectivity index (χ1) is 10.6. The first-order valence-electron chi connectivity index (χ1n) is 6.68. The number of ether oxygens (including phenoxy) is 1. The monoisotopic (exact) mass is 399 g/mol. The highest BCUT2D eigenvalue weighted by Crippen LogP contribution is 2.44. The molecule has 0 bridgehead atoms. The summed E-state index contributed by atoms with van der Waals surface area (Å²) in [6, 6.07) is 11.6. The van der Waals surface area contributed by atoms with Crippen molar-refractivity contribution in [2.45, 2.75) is 18.6 Å². The van der Waals surface area contributed by atoms with Gasteiger partial charge in [-0.1, -0.05) is 51.3 Å². The van der Waals surface area contributed by atoms with Crippen LogP contribution in [0.1, 0.15) is 23.5 Å². The Bertz CT molecular complexity index is 723. The Balaban J connectivity index is 2.11. The van der Waals surface area contributed by atoms with Crippen molar-refractivity contribution in [3.63, 3.8) is 0 Å². The van der Waals surface area contributed by atoms with Crippen molar-refractivity contribution in [3.05, 3.63) is 62.0 Å². The van der Waals surface area contributed by atoms with Gasteiger partial charge in [-0.3, -0.25) is 4.79 Å². The van der Waals surface area contributed by atoms with Crippen LogP contribution in [-0.2, 0) is 9.53 Å². The maximum atomic E-state index is 10.7. The fraction of sp³-hybridized carbons (Fsp3) is 0.188. The largest absolute Gasteiger partial charge is 0.444 e. The number of benzene rings is 2. The number of carbonyl (C=O) groups is 1. The van der Waals surface area contributed by atoms with Crippen LogP contribution in [0.15, 0.2) is 40.9 Å². The molecule has 1 aliphatic rings. The van der Waals surface area contributed by atoms with Crippen LogP contribution in [0.4, 0.5) is 5.69 Å². The number of carbonyl (C=O) groups excluding carboxylic acids is 1. The third-order valence-corrected chi connectivity index (χ3v) is 4.70. The average molecular weight is 401 g/mol. The highest BCUT2D eigenvalue weighted by atomic mass is 79.9. The van der Waals surface area contributed by atoms with Crippen LogP contribution in [-0.4, -0.2) is 12.7 Å². The van der Waals surface area contributed by atoms with E-state index in [1.54, 1.807) is 12.1 Å². The van der Waals surface area contributed by atoms with Gasteiger partial charge in [0.15, 0.2) is 6.23 Å². The summed E-state index contributed by atoms with van der Waals surface area (Å²) in [5.41, 5.74) is 2.86. The van der Waals surface area contributed by atoms with Crippen LogP contribution in [0.25, 0.3) is 0 Å². The minimum Gasteiger partial charge on any atom is -0.444 e. The molecule has 3 nitrogen and oxygen atoms in total. The Hall–Kier alpha value is -1.23. The molecular formula is C16H12BrCl2NO2. The normalized spacial score (nSPS) is 20.0. The van der Waals surface area contributed by atoms with Gasteiger partial charge < -0.3 is 10.1 Å². The van der Waals surface area contributed by atoms with Crippen LogP contribution in [0.3, 0.4) is 0 Å². The molecule has 1 N–H and O–H groups in total. The number of rotatable bonds is 3. The molecule has 2 aromatic rings. The average Bonchev–Trinajstić information content (AvgIpc) is 2.46. The summed E-state index contributed by atoms with van der Waals surface area (Å²) in [4.78, 5) is 10.7. The van der Waals surface area contributed by atoms with Crippen molar-refractivity contribution >= 4 is 51.3 Å². The Labute approximate surface area is 146 Å². The second-order valence-electron chi connectivity index (χ2n) is 5.06.